The number of nitrogens with zero attached hydrogens (tertiary/aromatic N) is 3. The van der Waals surface area contributed by atoms with Crippen LogP contribution in [0.15, 0.2) is 6.07 Å². The van der Waals surface area contributed by atoms with Crippen LogP contribution in [0, 0.1) is 23.8 Å². The molecule has 1 heterocycles. The molecule has 0 spiro atoms. The van der Waals surface area contributed by atoms with E-state index < -0.39 is 33.0 Å². The zero-order valence-corrected chi connectivity index (χ0v) is 10.9. The summed E-state index contributed by atoms with van der Waals surface area (Å²) in [7, 11) is 0. The molecule has 2 amide bonds. The summed E-state index contributed by atoms with van der Waals surface area (Å²) < 4.78 is -0.265. The number of hydrogen-bond acceptors (Lipinski definition) is 6. The normalized spacial score (nSPS) is 13.3. The van der Waals surface area contributed by atoms with Crippen LogP contribution in [-0.2, 0) is 9.59 Å². The number of anilines is 1. The quantitative estimate of drug-likeness (QED) is 0.349. The summed E-state index contributed by atoms with van der Waals surface area (Å²) in [6, 6.07) is 0.929. The maximum Gasteiger partial charge on any atom is 0.336 e. The molecular weight excluding hydrogens is 375 g/mol. The van der Waals surface area contributed by atoms with Gasteiger partial charge in [-0.2, -0.15) is 5.32 Å². The van der Waals surface area contributed by atoms with Crippen molar-refractivity contribution in [3.63, 3.8) is 0 Å². The standard InChI is InChI=1S/C8H2IN4O6/c9-4-3(12(16)17)1-2-5(6(4)13(18)19)11-8(15)7(14)10-2/h1H,(H,10,14). The second-order valence-corrected chi connectivity index (χ2v) is 4.42. The fraction of sp³-hybridized carbons (Fsp3) is 0. The van der Waals surface area contributed by atoms with Crippen LogP contribution in [0.3, 0.4) is 0 Å². The van der Waals surface area contributed by atoms with Crippen molar-refractivity contribution >= 4 is 57.2 Å². The number of carbonyl (C=O) groups is 2. The van der Waals surface area contributed by atoms with Gasteiger partial charge in [-0.05, 0) is 22.6 Å². The van der Waals surface area contributed by atoms with Crippen molar-refractivity contribution in [3.05, 3.63) is 29.9 Å². The SMILES string of the molecule is O=C1[N]c2c(cc([N+](=O)[O-])c(I)c2[N+](=O)[O-])NC1=O. The molecule has 0 aliphatic carbocycles. The van der Waals surface area contributed by atoms with Crippen LogP contribution in [0.5, 0.6) is 0 Å². The Morgan fingerprint density at radius 2 is 1.84 bits per heavy atom. The highest BCUT2D eigenvalue weighted by atomic mass is 127. The molecule has 0 bridgehead atoms. The molecule has 1 aromatic carbocycles. The predicted octanol–water partition coefficient (Wildman–Crippen LogP) is 0.822. The first-order valence-electron chi connectivity index (χ1n) is 4.55. The molecule has 10 nitrogen and oxygen atoms in total. The number of halogens is 1. The second kappa shape index (κ2) is 4.42. The van der Waals surface area contributed by atoms with Crippen LogP contribution in [0.2, 0.25) is 0 Å². The van der Waals surface area contributed by atoms with Crippen LogP contribution in [-0.4, -0.2) is 21.7 Å². The molecule has 0 saturated heterocycles. The van der Waals surface area contributed by atoms with Gasteiger partial charge in [0.2, 0.25) is 0 Å². The summed E-state index contributed by atoms with van der Waals surface area (Å²) in [6.45, 7) is 0. The third-order valence-electron chi connectivity index (χ3n) is 2.23. The molecule has 97 valence electrons. The van der Waals surface area contributed by atoms with Crippen LogP contribution in [0.25, 0.3) is 0 Å². The maximum absolute atomic E-state index is 11.1. The first-order valence-corrected chi connectivity index (χ1v) is 5.63. The van der Waals surface area contributed by atoms with Crippen molar-refractivity contribution in [2.24, 2.45) is 0 Å². The van der Waals surface area contributed by atoms with E-state index in [0.29, 0.717) is 0 Å². The van der Waals surface area contributed by atoms with Gasteiger partial charge in [0.05, 0.1) is 15.5 Å². The molecule has 1 aliphatic heterocycles. The number of carbonyl (C=O) groups excluding carboxylic acids is 2. The van der Waals surface area contributed by atoms with Gasteiger partial charge in [-0.15, -0.1) is 0 Å². The molecule has 19 heavy (non-hydrogen) atoms. The number of hydrogen-bond donors (Lipinski definition) is 1. The number of benzene rings is 1. The highest BCUT2D eigenvalue weighted by Crippen LogP contribution is 2.43. The Balaban J connectivity index is 2.78. The fourth-order valence-corrected chi connectivity index (χ4v) is 2.26. The third-order valence-corrected chi connectivity index (χ3v) is 3.29. The van der Waals surface area contributed by atoms with Gasteiger partial charge < -0.3 is 5.32 Å². The van der Waals surface area contributed by atoms with Crippen LogP contribution >= 0.6 is 22.6 Å². The minimum absolute atomic E-state index is 0.233. The molecule has 0 fully saturated rings. The van der Waals surface area contributed by atoms with E-state index in [9.17, 15) is 29.8 Å². The second-order valence-electron chi connectivity index (χ2n) is 3.34. The lowest BCUT2D eigenvalue weighted by molar-refractivity contribution is -0.395. The van der Waals surface area contributed by atoms with Crippen LogP contribution in [0.1, 0.15) is 0 Å². The van der Waals surface area contributed by atoms with Gasteiger partial charge in [-0.25, -0.2) is 0 Å². The van der Waals surface area contributed by atoms with E-state index in [1.54, 1.807) is 0 Å². The summed E-state index contributed by atoms with van der Waals surface area (Å²) in [5.41, 5.74) is -1.85. The number of nitro benzene ring substituents is 2. The van der Waals surface area contributed by atoms with Gasteiger partial charge >= 0.3 is 17.5 Å². The average molecular weight is 377 g/mol. The molecular formula is C8H2IN4O6. The molecule has 1 N–H and O–H groups in total. The summed E-state index contributed by atoms with van der Waals surface area (Å²) in [5, 5.41) is 27.1. The van der Waals surface area contributed by atoms with Gasteiger partial charge in [-0.3, -0.25) is 29.8 Å². The number of rotatable bonds is 2. The van der Waals surface area contributed by atoms with Crippen molar-refractivity contribution in [2.75, 3.05) is 5.32 Å². The molecule has 2 rings (SSSR count). The monoisotopic (exact) mass is 377 g/mol. The third kappa shape index (κ3) is 2.07. The van der Waals surface area contributed by atoms with Crippen molar-refractivity contribution in [2.45, 2.75) is 0 Å². The van der Waals surface area contributed by atoms with E-state index in [1.165, 1.54) is 22.6 Å². The van der Waals surface area contributed by atoms with Crippen LogP contribution < -0.4 is 10.6 Å². The molecule has 0 atom stereocenters. The summed E-state index contributed by atoms with van der Waals surface area (Å²) in [6.07, 6.45) is 0. The Morgan fingerprint density at radius 3 is 2.37 bits per heavy atom. The van der Waals surface area contributed by atoms with Crippen molar-refractivity contribution in [3.8, 4) is 0 Å². The molecule has 0 aromatic heterocycles. The van der Waals surface area contributed by atoms with Crippen molar-refractivity contribution in [1.82, 2.24) is 5.32 Å². The topological polar surface area (TPSA) is 147 Å². The zero-order chi connectivity index (χ0) is 14.3. The molecule has 1 radical (unpaired) electrons. The molecule has 0 saturated carbocycles. The largest absolute Gasteiger partial charge is 0.336 e. The van der Waals surface area contributed by atoms with Gasteiger partial charge in [0.15, 0.2) is 9.26 Å². The van der Waals surface area contributed by atoms with Gasteiger partial charge in [0.1, 0.15) is 0 Å². The first-order chi connectivity index (χ1) is 8.82. The highest BCUT2D eigenvalue weighted by molar-refractivity contribution is 14.1. The lowest BCUT2D eigenvalue weighted by atomic mass is 10.1. The van der Waals surface area contributed by atoms with Crippen molar-refractivity contribution < 1.29 is 19.4 Å². The summed E-state index contributed by atoms with van der Waals surface area (Å²) >= 11 is 1.42. The lowest BCUT2D eigenvalue weighted by Crippen LogP contribution is -2.33. The summed E-state index contributed by atoms with van der Waals surface area (Å²) in [5.74, 6) is -2.29. The molecule has 0 unspecified atom stereocenters. The Bertz CT molecular complexity index is 657. The van der Waals surface area contributed by atoms with E-state index in [4.69, 9.17) is 0 Å². The van der Waals surface area contributed by atoms with Crippen LogP contribution in [0.4, 0.5) is 22.7 Å². The predicted molar refractivity (Wildman–Crippen MR) is 67.9 cm³/mol. The van der Waals surface area contributed by atoms with Crippen molar-refractivity contribution in [1.29, 1.82) is 0 Å². The number of amides is 2. The van der Waals surface area contributed by atoms with Gasteiger partial charge in [-0.1, -0.05) is 0 Å². The number of nitrogens with one attached hydrogen (secondary N) is 1. The van der Waals surface area contributed by atoms with E-state index in [1.807, 2.05) is 5.32 Å². The fourth-order valence-electron chi connectivity index (χ4n) is 1.46. The lowest BCUT2D eigenvalue weighted by Gasteiger charge is -2.15. The molecule has 1 aromatic rings. The minimum atomic E-state index is -1.19. The Labute approximate surface area is 117 Å². The van der Waals surface area contributed by atoms with Gasteiger partial charge in [0.25, 0.3) is 5.69 Å². The first kappa shape index (κ1) is 13.1. The number of nitro groups is 2. The maximum atomic E-state index is 11.1. The van der Waals surface area contributed by atoms with E-state index >= 15 is 0 Å². The highest BCUT2D eigenvalue weighted by Gasteiger charge is 2.37. The van der Waals surface area contributed by atoms with E-state index in [-0.39, 0.29) is 14.9 Å². The average Bonchev–Trinajstić information content (AvgIpc) is 2.29. The smallest absolute Gasteiger partial charge is 0.315 e. The Morgan fingerprint density at radius 1 is 1.21 bits per heavy atom. The number of fused-ring (bicyclic) bond motifs is 1. The van der Waals surface area contributed by atoms with E-state index in [2.05, 4.69) is 5.32 Å². The zero-order valence-electron chi connectivity index (χ0n) is 8.75. The Hall–Kier alpha value is -2.31. The minimum Gasteiger partial charge on any atom is -0.315 e. The van der Waals surface area contributed by atoms with E-state index in [0.717, 1.165) is 6.07 Å². The Kier molecular flexibility index (Phi) is 3.05. The molecule has 1 aliphatic rings. The van der Waals surface area contributed by atoms with Gasteiger partial charge in [0, 0.05) is 6.07 Å². The summed E-state index contributed by atoms with van der Waals surface area (Å²) in [4.78, 5) is 42.3. The molecule has 11 heteroatoms.